The molecule has 1 saturated heterocycles. The molecule has 110 valence electrons. The molecule has 2 N–H and O–H groups in total. The van der Waals surface area contributed by atoms with E-state index >= 15 is 0 Å². The minimum Gasteiger partial charge on any atom is -0.478 e. The maximum atomic E-state index is 11.4. The number of pyridine rings is 1. The standard InChI is InChI=1S/C15H23N3O2/c1-10-8-11(2)16-14(13(10)15(19)20)17-12(3)9-18-6-4-5-7-18/h8,12H,4-7,9H2,1-3H3,(H,16,17)(H,19,20). The van der Waals surface area contributed by atoms with E-state index in [1.165, 1.54) is 12.8 Å². The van der Waals surface area contributed by atoms with Gasteiger partial charge in [0.2, 0.25) is 0 Å². The average Bonchev–Trinajstić information content (AvgIpc) is 2.79. The Morgan fingerprint density at radius 3 is 2.70 bits per heavy atom. The second-order valence-electron chi connectivity index (χ2n) is 5.66. The molecule has 1 unspecified atom stereocenters. The van der Waals surface area contributed by atoms with Crippen molar-refractivity contribution in [1.82, 2.24) is 9.88 Å². The van der Waals surface area contributed by atoms with Crippen LogP contribution in [-0.4, -0.2) is 46.6 Å². The Bertz CT molecular complexity index is 496. The molecule has 1 fully saturated rings. The van der Waals surface area contributed by atoms with Crippen molar-refractivity contribution in [3.8, 4) is 0 Å². The van der Waals surface area contributed by atoms with Crippen LogP contribution in [0.1, 0.15) is 41.4 Å². The molecule has 1 atom stereocenters. The second kappa shape index (κ2) is 6.22. The summed E-state index contributed by atoms with van der Waals surface area (Å²) >= 11 is 0. The highest BCUT2D eigenvalue weighted by atomic mass is 16.4. The van der Waals surface area contributed by atoms with Crippen molar-refractivity contribution in [2.75, 3.05) is 25.0 Å². The number of carboxylic acid groups (broad SMARTS) is 1. The van der Waals surface area contributed by atoms with Crippen molar-refractivity contribution in [3.63, 3.8) is 0 Å². The zero-order chi connectivity index (χ0) is 14.7. The first-order chi connectivity index (χ1) is 9.47. The minimum absolute atomic E-state index is 0.180. The third kappa shape index (κ3) is 3.48. The maximum absolute atomic E-state index is 11.4. The van der Waals surface area contributed by atoms with Gasteiger partial charge in [-0.3, -0.25) is 0 Å². The smallest absolute Gasteiger partial charge is 0.339 e. The number of nitrogens with zero attached hydrogens (tertiary/aromatic N) is 2. The summed E-state index contributed by atoms with van der Waals surface area (Å²) in [5, 5.41) is 12.6. The number of carboxylic acids is 1. The van der Waals surface area contributed by atoms with Crippen molar-refractivity contribution in [2.24, 2.45) is 0 Å². The van der Waals surface area contributed by atoms with Crippen LogP contribution in [0.25, 0.3) is 0 Å². The lowest BCUT2D eigenvalue weighted by atomic mass is 10.1. The van der Waals surface area contributed by atoms with Crippen molar-refractivity contribution in [3.05, 3.63) is 22.9 Å². The van der Waals surface area contributed by atoms with Gasteiger partial charge in [0.15, 0.2) is 0 Å². The van der Waals surface area contributed by atoms with E-state index in [0.717, 1.165) is 30.9 Å². The molecular weight excluding hydrogens is 254 g/mol. The van der Waals surface area contributed by atoms with Gasteiger partial charge in [-0.15, -0.1) is 0 Å². The fraction of sp³-hybridized carbons (Fsp3) is 0.600. The van der Waals surface area contributed by atoms with Crippen LogP contribution < -0.4 is 5.32 Å². The summed E-state index contributed by atoms with van der Waals surface area (Å²) in [6.45, 7) is 8.97. The maximum Gasteiger partial charge on any atom is 0.339 e. The Kier molecular flexibility index (Phi) is 4.60. The van der Waals surface area contributed by atoms with Crippen LogP contribution in [0.3, 0.4) is 0 Å². The lowest BCUT2D eigenvalue weighted by Crippen LogP contribution is -2.33. The molecule has 1 aromatic heterocycles. The van der Waals surface area contributed by atoms with Gasteiger partial charge in [-0.05, 0) is 58.3 Å². The Balaban J connectivity index is 2.12. The number of aromatic carboxylic acids is 1. The highest BCUT2D eigenvalue weighted by molar-refractivity contribution is 5.94. The predicted molar refractivity (Wildman–Crippen MR) is 79.4 cm³/mol. The van der Waals surface area contributed by atoms with E-state index < -0.39 is 5.97 Å². The van der Waals surface area contributed by atoms with E-state index in [9.17, 15) is 9.90 Å². The lowest BCUT2D eigenvalue weighted by Gasteiger charge is -2.22. The second-order valence-corrected chi connectivity index (χ2v) is 5.66. The molecule has 0 aliphatic carbocycles. The molecule has 2 heterocycles. The topological polar surface area (TPSA) is 65.5 Å². The molecule has 5 nitrogen and oxygen atoms in total. The number of aryl methyl sites for hydroxylation is 2. The summed E-state index contributed by atoms with van der Waals surface area (Å²) in [4.78, 5) is 18.2. The summed E-state index contributed by atoms with van der Waals surface area (Å²) in [5.74, 6) is -0.437. The average molecular weight is 277 g/mol. The van der Waals surface area contributed by atoms with Gasteiger partial charge in [0.25, 0.3) is 0 Å². The van der Waals surface area contributed by atoms with Gasteiger partial charge in [0.05, 0.1) is 0 Å². The fourth-order valence-corrected chi connectivity index (χ4v) is 2.84. The van der Waals surface area contributed by atoms with Crippen LogP contribution in [0.2, 0.25) is 0 Å². The lowest BCUT2D eigenvalue weighted by molar-refractivity contribution is 0.0696. The number of likely N-dealkylation sites (tertiary alicyclic amines) is 1. The third-order valence-corrected chi connectivity index (χ3v) is 3.67. The van der Waals surface area contributed by atoms with E-state index in [-0.39, 0.29) is 11.6 Å². The number of carbonyl (C=O) groups is 1. The van der Waals surface area contributed by atoms with Crippen LogP contribution in [0.5, 0.6) is 0 Å². The summed E-state index contributed by atoms with van der Waals surface area (Å²) < 4.78 is 0. The molecule has 0 saturated carbocycles. The Labute approximate surface area is 120 Å². The van der Waals surface area contributed by atoms with Gasteiger partial charge in [-0.2, -0.15) is 0 Å². The quantitative estimate of drug-likeness (QED) is 0.864. The number of hydrogen-bond acceptors (Lipinski definition) is 4. The van der Waals surface area contributed by atoms with Crippen LogP contribution in [0, 0.1) is 13.8 Å². The van der Waals surface area contributed by atoms with Crippen LogP contribution >= 0.6 is 0 Å². The van der Waals surface area contributed by atoms with E-state index in [1.807, 2.05) is 13.8 Å². The number of rotatable bonds is 5. The molecule has 20 heavy (non-hydrogen) atoms. The SMILES string of the molecule is Cc1cc(C)c(C(=O)O)c(NC(C)CN2CCCC2)n1. The number of anilines is 1. The molecule has 1 aliphatic rings. The Morgan fingerprint density at radius 1 is 1.45 bits per heavy atom. The fourth-order valence-electron chi connectivity index (χ4n) is 2.84. The van der Waals surface area contributed by atoms with E-state index in [4.69, 9.17) is 0 Å². The Hall–Kier alpha value is -1.62. The Morgan fingerprint density at radius 2 is 2.10 bits per heavy atom. The largest absolute Gasteiger partial charge is 0.478 e. The zero-order valence-corrected chi connectivity index (χ0v) is 12.4. The highest BCUT2D eigenvalue weighted by Crippen LogP contribution is 2.20. The minimum atomic E-state index is -0.925. The first-order valence-corrected chi connectivity index (χ1v) is 7.18. The van der Waals surface area contributed by atoms with Crippen molar-refractivity contribution >= 4 is 11.8 Å². The van der Waals surface area contributed by atoms with Crippen LogP contribution in [0.15, 0.2) is 6.07 Å². The molecule has 1 aliphatic heterocycles. The highest BCUT2D eigenvalue weighted by Gasteiger charge is 2.19. The van der Waals surface area contributed by atoms with Crippen LogP contribution in [-0.2, 0) is 0 Å². The molecule has 0 amide bonds. The first-order valence-electron chi connectivity index (χ1n) is 7.18. The van der Waals surface area contributed by atoms with Gasteiger partial charge in [-0.1, -0.05) is 0 Å². The van der Waals surface area contributed by atoms with Gasteiger partial charge in [0.1, 0.15) is 11.4 Å². The normalized spacial score (nSPS) is 17.1. The first kappa shape index (κ1) is 14.8. The summed E-state index contributed by atoms with van der Waals surface area (Å²) in [6, 6.07) is 1.99. The summed E-state index contributed by atoms with van der Waals surface area (Å²) in [6.07, 6.45) is 2.52. The third-order valence-electron chi connectivity index (χ3n) is 3.67. The van der Waals surface area contributed by atoms with E-state index in [2.05, 4.69) is 22.1 Å². The molecule has 5 heteroatoms. The summed E-state index contributed by atoms with van der Waals surface area (Å²) in [7, 11) is 0. The van der Waals surface area contributed by atoms with Gasteiger partial charge < -0.3 is 15.3 Å². The monoisotopic (exact) mass is 277 g/mol. The summed E-state index contributed by atoms with van der Waals surface area (Å²) in [5.41, 5.74) is 1.87. The van der Waals surface area contributed by atoms with E-state index in [1.54, 1.807) is 6.07 Å². The van der Waals surface area contributed by atoms with Crippen molar-refractivity contribution in [2.45, 2.75) is 39.7 Å². The van der Waals surface area contributed by atoms with Gasteiger partial charge >= 0.3 is 5.97 Å². The molecule has 0 spiro atoms. The molecule has 2 rings (SSSR count). The van der Waals surface area contributed by atoms with E-state index in [0.29, 0.717) is 5.82 Å². The molecular formula is C15H23N3O2. The number of aromatic nitrogens is 1. The predicted octanol–water partition coefficient (Wildman–Crippen LogP) is 2.29. The van der Waals surface area contributed by atoms with Crippen molar-refractivity contribution < 1.29 is 9.90 Å². The number of nitrogens with one attached hydrogen (secondary N) is 1. The number of hydrogen-bond donors (Lipinski definition) is 2. The van der Waals surface area contributed by atoms with Gasteiger partial charge in [-0.25, -0.2) is 9.78 Å². The molecule has 0 bridgehead atoms. The van der Waals surface area contributed by atoms with Crippen molar-refractivity contribution in [1.29, 1.82) is 0 Å². The molecule has 0 aromatic carbocycles. The van der Waals surface area contributed by atoms with Gasteiger partial charge in [0, 0.05) is 18.3 Å². The molecule has 1 aromatic rings. The zero-order valence-electron chi connectivity index (χ0n) is 12.4. The van der Waals surface area contributed by atoms with Crippen LogP contribution in [0.4, 0.5) is 5.82 Å². The molecule has 0 radical (unpaired) electrons.